The summed E-state index contributed by atoms with van der Waals surface area (Å²) >= 11 is 0. The van der Waals surface area contributed by atoms with Crippen LogP contribution < -0.4 is 5.32 Å². The molecule has 1 aliphatic rings. The number of hydrogen-bond donors (Lipinski definition) is 1. The van der Waals surface area contributed by atoms with E-state index in [1.165, 1.54) is 43.6 Å². The SMILES string of the molecule is Cc1nn(C)c(C)c1CNC1CCCN(C)CC1. The van der Waals surface area contributed by atoms with Gasteiger partial charge in [-0.2, -0.15) is 5.10 Å². The Kier molecular flexibility index (Phi) is 4.40. The quantitative estimate of drug-likeness (QED) is 0.885. The summed E-state index contributed by atoms with van der Waals surface area (Å²) in [6.07, 6.45) is 3.86. The molecule has 0 spiro atoms. The first-order chi connectivity index (χ1) is 8.58. The van der Waals surface area contributed by atoms with Gasteiger partial charge in [-0.25, -0.2) is 0 Å². The molecule has 1 aromatic heterocycles. The highest BCUT2D eigenvalue weighted by Gasteiger charge is 2.16. The molecular weight excluding hydrogens is 224 g/mol. The van der Waals surface area contributed by atoms with E-state index in [4.69, 9.17) is 0 Å². The Morgan fingerprint density at radius 3 is 2.67 bits per heavy atom. The molecule has 4 heteroatoms. The summed E-state index contributed by atoms with van der Waals surface area (Å²) in [5.74, 6) is 0. The van der Waals surface area contributed by atoms with Gasteiger partial charge < -0.3 is 10.2 Å². The Morgan fingerprint density at radius 2 is 2.00 bits per heavy atom. The van der Waals surface area contributed by atoms with Crippen molar-refractivity contribution in [2.24, 2.45) is 7.05 Å². The van der Waals surface area contributed by atoms with Crippen molar-refractivity contribution >= 4 is 0 Å². The predicted molar refractivity (Wildman–Crippen MR) is 74.7 cm³/mol. The average Bonchev–Trinajstić information content (AvgIpc) is 2.51. The summed E-state index contributed by atoms with van der Waals surface area (Å²) in [5, 5.41) is 8.19. The highest BCUT2D eigenvalue weighted by molar-refractivity contribution is 5.24. The number of likely N-dealkylation sites (tertiary alicyclic amines) is 1. The third-order valence-electron chi connectivity index (χ3n) is 4.18. The van der Waals surface area contributed by atoms with E-state index in [0.29, 0.717) is 6.04 Å². The van der Waals surface area contributed by atoms with Gasteiger partial charge in [-0.15, -0.1) is 0 Å². The van der Waals surface area contributed by atoms with E-state index in [9.17, 15) is 0 Å². The van der Waals surface area contributed by atoms with E-state index in [-0.39, 0.29) is 0 Å². The third-order valence-corrected chi connectivity index (χ3v) is 4.18. The lowest BCUT2D eigenvalue weighted by atomic mass is 10.1. The van der Waals surface area contributed by atoms with Crippen molar-refractivity contribution in [3.05, 3.63) is 17.0 Å². The van der Waals surface area contributed by atoms with Crippen LogP contribution >= 0.6 is 0 Å². The minimum atomic E-state index is 0.661. The predicted octanol–water partition coefficient (Wildman–Crippen LogP) is 1.61. The lowest BCUT2D eigenvalue weighted by molar-refractivity contribution is 0.343. The second kappa shape index (κ2) is 5.85. The van der Waals surface area contributed by atoms with Gasteiger partial charge in [0.2, 0.25) is 0 Å². The Labute approximate surface area is 110 Å². The molecule has 0 aromatic carbocycles. The van der Waals surface area contributed by atoms with Gasteiger partial charge in [0.15, 0.2) is 0 Å². The molecule has 1 saturated heterocycles. The number of rotatable bonds is 3. The summed E-state index contributed by atoms with van der Waals surface area (Å²) in [4.78, 5) is 2.43. The van der Waals surface area contributed by atoms with Crippen LogP contribution in [0.1, 0.15) is 36.2 Å². The summed E-state index contributed by atoms with van der Waals surface area (Å²) in [7, 11) is 4.24. The van der Waals surface area contributed by atoms with E-state index < -0.39 is 0 Å². The molecule has 2 rings (SSSR count). The average molecular weight is 250 g/mol. The van der Waals surface area contributed by atoms with Crippen molar-refractivity contribution in [1.82, 2.24) is 20.0 Å². The number of nitrogens with zero attached hydrogens (tertiary/aromatic N) is 3. The molecule has 4 nitrogen and oxygen atoms in total. The fourth-order valence-electron chi connectivity index (χ4n) is 2.76. The first kappa shape index (κ1) is 13.6. The largest absolute Gasteiger partial charge is 0.310 e. The molecule has 1 N–H and O–H groups in total. The van der Waals surface area contributed by atoms with Gasteiger partial charge in [-0.3, -0.25) is 4.68 Å². The Hall–Kier alpha value is -0.870. The summed E-state index contributed by atoms with van der Waals surface area (Å²) < 4.78 is 1.98. The number of hydrogen-bond acceptors (Lipinski definition) is 3. The van der Waals surface area contributed by atoms with Crippen molar-refractivity contribution in [2.45, 2.75) is 45.7 Å². The van der Waals surface area contributed by atoms with E-state index in [1.807, 2.05) is 11.7 Å². The van der Waals surface area contributed by atoms with Crippen LogP contribution in [0, 0.1) is 13.8 Å². The van der Waals surface area contributed by atoms with Crippen molar-refractivity contribution in [3.63, 3.8) is 0 Å². The van der Waals surface area contributed by atoms with Crippen molar-refractivity contribution < 1.29 is 0 Å². The molecule has 0 radical (unpaired) electrons. The maximum Gasteiger partial charge on any atom is 0.0641 e. The number of aromatic nitrogens is 2. The summed E-state index contributed by atoms with van der Waals surface area (Å²) in [6.45, 7) is 7.66. The molecule has 1 aromatic rings. The fraction of sp³-hybridized carbons (Fsp3) is 0.786. The second-order valence-electron chi connectivity index (χ2n) is 5.58. The molecule has 2 heterocycles. The second-order valence-corrected chi connectivity index (χ2v) is 5.58. The van der Waals surface area contributed by atoms with E-state index >= 15 is 0 Å². The van der Waals surface area contributed by atoms with Crippen molar-refractivity contribution in [1.29, 1.82) is 0 Å². The Morgan fingerprint density at radius 1 is 1.22 bits per heavy atom. The molecule has 1 aliphatic heterocycles. The maximum absolute atomic E-state index is 4.47. The topological polar surface area (TPSA) is 33.1 Å². The third kappa shape index (κ3) is 3.12. The number of nitrogens with one attached hydrogen (secondary N) is 1. The van der Waals surface area contributed by atoms with Gasteiger partial charge in [0.05, 0.1) is 5.69 Å². The van der Waals surface area contributed by atoms with Crippen molar-refractivity contribution in [3.8, 4) is 0 Å². The number of aryl methyl sites for hydroxylation is 2. The van der Waals surface area contributed by atoms with E-state index in [1.54, 1.807) is 0 Å². The lowest BCUT2D eigenvalue weighted by Gasteiger charge is -2.17. The summed E-state index contributed by atoms with van der Waals surface area (Å²) in [5.41, 5.74) is 3.81. The first-order valence-electron chi connectivity index (χ1n) is 6.99. The standard InChI is InChI=1S/C14H26N4/c1-11-14(12(2)18(4)16-11)10-15-13-6-5-8-17(3)9-7-13/h13,15H,5-10H2,1-4H3. The van der Waals surface area contributed by atoms with Crippen molar-refractivity contribution in [2.75, 3.05) is 20.1 Å². The molecule has 0 saturated carbocycles. The molecule has 0 aliphatic carbocycles. The van der Waals surface area contributed by atoms with Crippen LogP contribution in [0.15, 0.2) is 0 Å². The van der Waals surface area contributed by atoms with E-state index in [2.05, 4.69) is 36.2 Å². The zero-order chi connectivity index (χ0) is 13.1. The highest BCUT2D eigenvalue weighted by atomic mass is 15.3. The zero-order valence-electron chi connectivity index (χ0n) is 12.2. The molecule has 1 unspecified atom stereocenters. The lowest BCUT2D eigenvalue weighted by Crippen LogP contribution is -2.30. The molecule has 1 fully saturated rings. The molecule has 0 bridgehead atoms. The first-order valence-corrected chi connectivity index (χ1v) is 6.99. The Balaban J connectivity index is 1.91. The molecular formula is C14H26N4. The van der Waals surface area contributed by atoms with Crippen LogP contribution in [0.3, 0.4) is 0 Å². The minimum absolute atomic E-state index is 0.661. The van der Waals surface area contributed by atoms with Crippen LogP contribution in [-0.2, 0) is 13.6 Å². The highest BCUT2D eigenvalue weighted by Crippen LogP contribution is 2.14. The minimum Gasteiger partial charge on any atom is -0.310 e. The van der Waals surface area contributed by atoms with Gasteiger partial charge >= 0.3 is 0 Å². The molecule has 0 amide bonds. The van der Waals surface area contributed by atoms with Gasteiger partial charge in [0.1, 0.15) is 0 Å². The van der Waals surface area contributed by atoms with Crippen LogP contribution in [0.2, 0.25) is 0 Å². The van der Waals surface area contributed by atoms with Gasteiger partial charge in [0.25, 0.3) is 0 Å². The molecule has 18 heavy (non-hydrogen) atoms. The van der Waals surface area contributed by atoms with Crippen LogP contribution in [0.4, 0.5) is 0 Å². The van der Waals surface area contributed by atoms with Gasteiger partial charge in [0, 0.05) is 30.9 Å². The smallest absolute Gasteiger partial charge is 0.0641 e. The van der Waals surface area contributed by atoms with Crippen LogP contribution in [0.25, 0.3) is 0 Å². The van der Waals surface area contributed by atoms with E-state index in [0.717, 1.165) is 12.2 Å². The zero-order valence-corrected chi connectivity index (χ0v) is 12.2. The maximum atomic E-state index is 4.47. The van der Waals surface area contributed by atoms with Crippen LogP contribution in [0.5, 0.6) is 0 Å². The van der Waals surface area contributed by atoms with Gasteiger partial charge in [-0.05, 0) is 53.2 Å². The molecule has 1 atom stereocenters. The van der Waals surface area contributed by atoms with Crippen LogP contribution in [-0.4, -0.2) is 40.9 Å². The Bertz CT molecular complexity index is 397. The van der Waals surface area contributed by atoms with Gasteiger partial charge in [-0.1, -0.05) is 0 Å². The fourth-order valence-corrected chi connectivity index (χ4v) is 2.76. The summed E-state index contributed by atoms with van der Waals surface area (Å²) in [6, 6.07) is 0.661. The monoisotopic (exact) mass is 250 g/mol. The molecule has 102 valence electrons. The normalized spacial score (nSPS) is 22.1.